The maximum Gasteiger partial charge on any atom is 0.182 e. The molecule has 82 valence electrons. The molecule has 0 unspecified atom stereocenters. The highest BCUT2D eigenvalue weighted by Crippen LogP contribution is 2.22. The van der Waals surface area contributed by atoms with Crippen molar-refractivity contribution in [3.63, 3.8) is 0 Å². The van der Waals surface area contributed by atoms with Crippen molar-refractivity contribution in [2.75, 3.05) is 11.1 Å². The molecule has 0 saturated heterocycles. The molecule has 4 heteroatoms. The van der Waals surface area contributed by atoms with Gasteiger partial charge in [-0.1, -0.05) is 12.1 Å². The van der Waals surface area contributed by atoms with Gasteiger partial charge in [0.15, 0.2) is 11.6 Å². The molecular weight excluding hydrogens is 210 g/mol. The van der Waals surface area contributed by atoms with Crippen LogP contribution in [0.5, 0.6) is 0 Å². The topological polar surface area (TPSA) is 38.0 Å². The van der Waals surface area contributed by atoms with Crippen molar-refractivity contribution in [3.05, 3.63) is 54.1 Å². The van der Waals surface area contributed by atoms with Crippen molar-refractivity contribution < 1.29 is 8.78 Å². The summed E-state index contributed by atoms with van der Waals surface area (Å²) in [5.74, 6) is -1.78. The van der Waals surface area contributed by atoms with Crippen molar-refractivity contribution in [2.45, 2.75) is 0 Å². The molecular formula is C12H10F2N2. The summed E-state index contributed by atoms with van der Waals surface area (Å²) in [5, 5.41) is 2.76. The first-order chi connectivity index (χ1) is 7.66. The van der Waals surface area contributed by atoms with E-state index in [-0.39, 0.29) is 5.69 Å². The van der Waals surface area contributed by atoms with Crippen molar-refractivity contribution >= 4 is 17.1 Å². The molecule has 3 N–H and O–H groups in total. The Balaban J connectivity index is 2.31. The van der Waals surface area contributed by atoms with Gasteiger partial charge in [-0.25, -0.2) is 8.78 Å². The van der Waals surface area contributed by atoms with Crippen LogP contribution in [-0.4, -0.2) is 0 Å². The van der Waals surface area contributed by atoms with Crippen LogP contribution in [0, 0.1) is 11.6 Å². The van der Waals surface area contributed by atoms with Gasteiger partial charge >= 0.3 is 0 Å². The van der Waals surface area contributed by atoms with Gasteiger partial charge in [0.1, 0.15) is 0 Å². The van der Waals surface area contributed by atoms with Crippen molar-refractivity contribution in [1.82, 2.24) is 0 Å². The molecule has 2 aromatic carbocycles. The Bertz CT molecular complexity index is 512. The van der Waals surface area contributed by atoms with Crippen LogP contribution in [0.2, 0.25) is 0 Å². The monoisotopic (exact) mass is 220 g/mol. The largest absolute Gasteiger partial charge is 0.399 e. The number of hydrogen-bond donors (Lipinski definition) is 2. The minimum atomic E-state index is -0.898. The van der Waals surface area contributed by atoms with Crippen LogP contribution in [0.4, 0.5) is 25.8 Å². The third-order valence-corrected chi connectivity index (χ3v) is 2.12. The fourth-order valence-electron chi connectivity index (χ4n) is 1.37. The van der Waals surface area contributed by atoms with Gasteiger partial charge < -0.3 is 11.1 Å². The highest BCUT2D eigenvalue weighted by molar-refractivity contribution is 5.63. The van der Waals surface area contributed by atoms with E-state index in [1.807, 2.05) is 0 Å². The molecule has 0 fully saturated rings. The lowest BCUT2D eigenvalue weighted by atomic mass is 10.2. The van der Waals surface area contributed by atoms with Crippen LogP contribution in [-0.2, 0) is 0 Å². The summed E-state index contributed by atoms with van der Waals surface area (Å²) < 4.78 is 26.2. The second-order valence-electron chi connectivity index (χ2n) is 3.35. The zero-order valence-corrected chi connectivity index (χ0v) is 8.37. The number of benzene rings is 2. The quantitative estimate of drug-likeness (QED) is 0.762. The van der Waals surface area contributed by atoms with E-state index in [9.17, 15) is 8.78 Å². The summed E-state index contributed by atoms with van der Waals surface area (Å²) in [6.45, 7) is 0. The number of nitrogens with one attached hydrogen (secondary N) is 1. The second kappa shape index (κ2) is 4.18. The smallest absolute Gasteiger partial charge is 0.182 e. The molecule has 0 aromatic heterocycles. The summed E-state index contributed by atoms with van der Waals surface area (Å²) in [4.78, 5) is 0. The molecule has 0 saturated carbocycles. The number of hydrogen-bond acceptors (Lipinski definition) is 2. The lowest BCUT2D eigenvalue weighted by Gasteiger charge is -2.08. The Kier molecular flexibility index (Phi) is 2.72. The molecule has 0 aliphatic carbocycles. The molecule has 0 amide bonds. The zero-order valence-electron chi connectivity index (χ0n) is 8.37. The van der Waals surface area contributed by atoms with E-state index < -0.39 is 11.6 Å². The molecule has 0 radical (unpaired) electrons. The Morgan fingerprint density at radius 3 is 2.50 bits per heavy atom. The van der Waals surface area contributed by atoms with Gasteiger partial charge in [-0.2, -0.15) is 0 Å². The zero-order chi connectivity index (χ0) is 11.5. The Hall–Kier alpha value is -2.10. The lowest BCUT2D eigenvalue weighted by Crippen LogP contribution is -1.96. The van der Waals surface area contributed by atoms with Crippen molar-refractivity contribution in [1.29, 1.82) is 0 Å². The first-order valence-corrected chi connectivity index (χ1v) is 4.73. The van der Waals surface area contributed by atoms with Gasteiger partial charge in [0.25, 0.3) is 0 Å². The van der Waals surface area contributed by atoms with Crippen LogP contribution < -0.4 is 11.1 Å². The highest BCUT2D eigenvalue weighted by atomic mass is 19.2. The summed E-state index contributed by atoms with van der Waals surface area (Å²) in [6.07, 6.45) is 0. The Morgan fingerprint density at radius 1 is 1.00 bits per heavy atom. The average Bonchev–Trinajstić information content (AvgIpc) is 2.25. The fraction of sp³-hybridized carbons (Fsp3) is 0. The third-order valence-electron chi connectivity index (χ3n) is 2.12. The second-order valence-corrected chi connectivity index (χ2v) is 3.35. The Labute approximate surface area is 91.7 Å². The van der Waals surface area contributed by atoms with E-state index in [0.717, 1.165) is 6.07 Å². The van der Waals surface area contributed by atoms with Gasteiger partial charge in [-0.3, -0.25) is 0 Å². The number of nitrogens with two attached hydrogens (primary N) is 1. The summed E-state index contributed by atoms with van der Waals surface area (Å²) in [7, 11) is 0. The van der Waals surface area contributed by atoms with E-state index in [1.54, 1.807) is 24.3 Å². The van der Waals surface area contributed by atoms with Gasteiger partial charge in [0, 0.05) is 11.4 Å². The molecule has 2 aromatic rings. The summed E-state index contributed by atoms with van der Waals surface area (Å²) in [6, 6.07) is 10.8. The SMILES string of the molecule is Nc1cccc(Nc2cccc(F)c2F)c1. The number of anilines is 3. The van der Waals surface area contributed by atoms with E-state index >= 15 is 0 Å². The van der Waals surface area contributed by atoms with E-state index in [0.29, 0.717) is 11.4 Å². The maximum atomic E-state index is 13.3. The summed E-state index contributed by atoms with van der Waals surface area (Å²) in [5.41, 5.74) is 6.83. The lowest BCUT2D eigenvalue weighted by molar-refractivity contribution is 0.512. The van der Waals surface area contributed by atoms with Gasteiger partial charge in [-0.05, 0) is 30.3 Å². The minimum Gasteiger partial charge on any atom is -0.399 e. The van der Waals surface area contributed by atoms with Gasteiger partial charge in [0.05, 0.1) is 5.69 Å². The number of rotatable bonds is 2. The van der Waals surface area contributed by atoms with E-state index in [1.165, 1.54) is 12.1 Å². The molecule has 0 aliphatic heterocycles. The molecule has 16 heavy (non-hydrogen) atoms. The average molecular weight is 220 g/mol. The molecule has 2 nitrogen and oxygen atoms in total. The van der Waals surface area contributed by atoms with Crippen LogP contribution in [0.3, 0.4) is 0 Å². The van der Waals surface area contributed by atoms with E-state index in [2.05, 4.69) is 5.32 Å². The molecule has 0 atom stereocenters. The minimum absolute atomic E-state index is 0.0885. The number of halogens is 2. The van der Waals surface area contributed by atoms with E-state index in [4.69, 9.17) is 5.73 Å². The van der Waals surface area contributed by atoms with Crippen molar-refractivity contribution in [3.8, 4) is 0 Å². The molecule has 0 spiro atoms. The molecule has 0 heterocycles. The van der Waals surface area contributed by atoms with Crippen molar-refractivity contribution in [2.24, 2.45) is 0 Å². The predicted octanol–water partition coefficient (Wildman–Crippen LogP) is 3.29. The summed E-state index contributed by atoms with van der Waals surface area (Å²) >= 11 is 0. The van der Waals surface area contributed by atoms with Gasteiger partial charge in [-0.15, -0.1) is 0 Å². The molecule has 2 rings (SSSR count). The normalized spacial score (nSPS) is 10.1. The van der Waals surface area contributed by atoms with Crippen LogP contribution in [0.15, 0.2) is 42.5 Å². The Morgan fingerprint density at radius 2 is 1.75 bits per heavy atom. The maximum absolute atomic E-state index is 13.3. The first kappa shape index (κ1) is 10.4. The molecule has 0 aliphatic rings. The standard InChI is InChI=1S/C12H10F2N2/c13-10-5-2-6-11(12(10)14)16-9-4-1-3-8(15)7-9/h1-7,16H,15H2. The van der Waals surface area contributed by atoms with Gasteiger partial charge in [0.2, 0.25) is 0 Å². The highest BCUT2D eigenvalue weighted by Gasteiger charge is 2.07. The van der Waals surface area contributed by atoms with Crippen LogP contribution >= 0.6 is 0 Å². The van der Waals surface area contributed by atoms with Crippen LogP contribution in [0.1, 0.15) is 0 Å². The third kappa shape index (κ3) is 2.11. The molecule has 0 bridgehead atoms. The number of nitrogen functional groups attached to an aromatic ring is 1. The fourth-order valence-corrected chi connectivity index (χ4v) is 1.37. The first-order valence-electron chi connectivity index (χ1n) is 4.73. The predicted molar refractivity (Wildman–Crippen MR) is 60.5 cm³/mol. The van der Waals surface area contributed by atoms with Crippen LogP contribution in [0.25, 0.3) is 0 Å².